The molecule has 1 N–H and O–H groups in total. The highest BCUT2D eigenvalue weighted by atomic mass is 32.2. The summed E-state index contributed by atoms with van der Waals surface area (Å²) in [5.41, 5.74) is 0.699. The standard InChI is InChI=1S/C16H22N4O3S/c1-3-15-18-19-16(23-15)9-12-4-5-13(8-12)20-24(21,22)14-10-17-7-6-11(14)2/h6-7,10,12-13,20H,3-5,8-9H2,1-2H3/t12-,13+/m1/s1. The smallest absolute Gasteiger partial charge is 0.242 e. The van der Waals surface area contributed by atoms with Gasteiger partial charge in [0.2, 0.25) is 21.8 Å². The van der Waals surface area contributed by atoms with E-state index in [1.54, 1.807) is 19.2 Å². The molecule has 0 unspecified atom stereocenters. The quantitative estimate of drug-likeness (QED) is 0.856. The third kappa shape index (κ3) is 3.81. The molecular weight excluding hydrogens is 328 g/mol. The van der Waals surface area contributed by atoms with Crippen LogP contribution in [0.1, 0.15) is 43.5 Å². The van der Waals surface area contributed by atoms with Crippen LogP contribution in [0, 0.1) is 12.8 Å². The number of aromatic nitrogens is 3. The maximum Gasteiger partial charge on any atom is 0.242 e. The van der Waals surface area contributed by atoms with Crippen molar-refractivity contribution >= 4 is 10.0 Å². The van der Waals surface area contributed by atoms with E-state index < -0.39 is 10.0 Å². The third-order valence-corrected chi connectivity index (χ3v) is 6.07. The van der Waals surface area contributed by atoms with Gasteiger partial charge in [-0.1, -0.05) is 6.92 Å². The fourth-order valence-corrected chi connectivity index (χ4v) is 4.61. The molecule has 3 rings (SSSR count). The first-order valence-electron chi connectivity index (χ1n) is 8.22. The lowest BCUT2D eigenvalue weighted by atomic mass is 10.0. The Morgan fingerprint density at radius 2 is 2.08 bits per heavy atom. The second-order valence-electron chi connectivity index (χ2n) is 6.29. The zero-order valence-electron chi connectivity index (χ0n) is 13.9. The summed E-state index contributed by atoms with van der Waals surface area (Å²) in [5, 5.41) is 8.02. The zero-order chi connectivity index (χ0) is 17.2. The van der Waals surface area contributed by atoms with Gasteiger partial charge in [0.1, 0.15) is 4.90 Å². The molecule has 7 nitrogen and oxygen atoms in total. The van der Waals surface area contributed by atoms with Crippen LogP contribution in [0.5, 0.6) is 0 Å². The largest absolute Gasteiger partial charge is 0.425 e. The Labute approximate surface area is 141 Å². The van der Waals surface area contributed by atoms with E-state index in [9.17, 15) is 8.42 Å². The Bertz CT molecular complexity index is 803. The van der Waals surface area contributed by atoms with Gasteiger partial charge in [-0.25, -0.2) is 13.1 Å². The maximum atomic E-state index is 12.5. The molecule has 0 aromatic carbocycles. The number of hydrogen-bond acceptors (Lipinski definition) is 6. The monoisotopic (exact) mass is 350 g/mol. The molecule has 24 heavy (non-hydrogen) atoms. The minimum absolute atomic E-state index is 0.0619. The highest BCUT2D eigenvalue weighted by Crippen LogP contribution is 2.29. The van der Waals surface area contributed by atoms with Crippen LogP contribution in [-0.4, -0.2) is 29.6 Å². The van der Waals surface area contributed by atoms with E-state index in [2.05, 4.69) is 19.9 Å². The van der Waals surface area contributed by atoms with Gasteiger partial charge in [-0.05, 0) is 43.7 Å². The van der Waals surface area contributed by atoms with Crippen molar-refractivity contribution in [3.05, 3.63) is 35.8 Å². The van der Waals surface area contributed by atoms with Gasteiger partial charge in [0.05, 0.1) is 0 Å². The highest BCUT2D eigenvalue weighted by molar-refractivity contribution is 7.89. The van der Waals surface area contributed by atoms with Crippen LogP contribution >= 0.6 is 0 Å². The van der Waals surface area contributed by atoms with Crippen LogP contribution in [0.3, 0.4) is 0 Å². The van der Waals surface area contributed by atoms with Gasteiger partial charge in [0.15, 0.2) is 0 Å². The normalized spacial score (nSPS) is 21.2. The Morgan fingerprint density at radius 3 is 2.79 bits per heavy atom. The lowest BCUT2D eigenvalue weighted by Gasteiger charge is -2.14. The Balaban J connectivity index is 1.60. The van der Waals surface area contributed by atoms with Crippen molar-refractivity contribution in [2.24, 2.45) is 5.92 Å². The molecule has 0 aliphatic heterocycles. The summed E-state index contributed by atoms with van der Waals surface area (Å²) in [6, 6.07) is 1.64. The van der Waals surface area contributed by atoms with Gasteiger partial charge in [-0.3, -0.25) is 4.98 Å². The van der Waals surface area contributed by atoms with Crippen LogP contribution in [0.15, 0.2) is 27.8 Å². The van der Waals surface area contributed by atoms with E-state index in [1.165, 1.54) is 6.20 Å². The molecule has 2 aromatic heterocycles. The molecule has 1 fully saturated rings. The topological polar surface area (TPSA) is 98.0 Å². The van der Waals surface area contributed by atoms with Gasteiger partial charge >= 0.3 is 0 Å². The van der Waals surface area contributed by atoms with E-state index >= 15 is 0 Å². The fourth-order valence-electron chi connectivity index (χ4n) is 3.14. The van der Waals surface area contributed by atoms with E-state index in [4.69, 9.17) is 4.42 Å². The van der Waals surface area contributed by atoms with E-state index in [-0.39, 0.29) is 10.9 Å². The molecule has 1 aliphatic carbocycles. The number of aryl methyl sites for hydroxylation is 2. The number of rotatable bonds is 6. The van der Waals surface area contributed by atoms with Crippen LogP contribution in [0.4, 0.5) is 0 Å². The molecular formula is C16H22N4O3S. The number of nitrogens with zero attached hydrogens (tertiary/aromatic N) is 3. The molecule has 2 heterocycles. The molecule has 0 amide bonds. The van der Waals surface area contributed by atoms with Gasteiger partial charge in [0, 0.05) is 31.3 Å². The van der Waals surface area contributed by atoms with Crippen molar-refractivity contribution in [2.75, 3.05) is 0 Å². The van der Waals surface area contributed by atoms with E-state index in [1.807, 2.05) is 6.92 Å². The molecule has 8 heteroatoms. The second-order valence-corrected chi connectivity index (χ2v) is 7.97. The average Bonchev–Trinajstić information content (AvgIpc) is 3.17. The van der Waals surface area contributed by atoms with Crippen molar-refractivity contribution in [2.45, 2.75) is 56.9 Å². The second kappa shape index (κ2) is 6.98. The highest BCUT2D eigenvalue weighted by Gasteiger charge is 2.30. The third-order valence-electron chi connectivity index (χ3n) is 4.42. The van der Waals surface area contributed by atoms with Crippen LogP contribution in [0.2, 0.25) is 0 Å². The fraction of sp³-hybridized carbons (Fsp3) is 0.562. The first-order chi connectivity index (χ1) is 11.5. The van der Waals surface area contributed by atoms with E-state index in [0.717, 1.165) is 25.7 Å². The van der Waals surface area contributed by atoms with E-state index in [0.29, 0.717) is 29.7 Å². The summed E-state index contributed by atoms with van der Waals surface area (Å²) in [4.78, 5) is 4.17. The predicted octanol–water partition coefficient (Wildman–Crippen LogP) is 2.03. The predicted molar refractivity (Wildman–Crippen MR) is 87.8 cm³/mol. The minimum Gasteiger partial charge on any atom is -0.425 e. The van der Waals surface area contributed by atoms with Gasteiger partial charge in [-0.2, -0.15) is 0 Å². The lowest BCUT2D eigenvalue weighted by Crippen LogP contribution is -2.33. The molecule has 2 atom stereocenters. The Hall–Kier alpha value is -1.80. The summed E-state index contributed by atoms with van der Waals surface area (Å²) in [6.45, 7) is 3.74. The van der Waals surface area contributed by atoms with Crippen LogP contribution in [-0.2, 0) is 22.9 Å². The first kappa shape index (κ1) is 17.0. The molecule has 2 aromatic rings. The van der Waals surface area contributed by atoms with Crippen molar-refractivity contribution in [1.29, 1.82) is 0 Å². The van der Waals surface area contributed by atoms with Crippen molar-refractivity contribution < 1.29 is 12.8 Å². The summed E-state index contributed by atoms with van der Waals surface area (Å²) < 4.78 is 33.4. The molecule has 130 valence electrons. The SMILES string of the molecule is CCc1nnc(C[C@@H]2CC[C@H](NS(=O)(=O)c3cnccc3C)C2)o1. The number of nitrogens with one attached hydrogen (secondary N) is 1. The average molecular weight is 350 g/mol. The number of sulfonamides is 1. The van der Waals surface area contributed by atoms with Gasteiger partial charge in [-0.15, -0.1) is 10.2 Å². The maximum absolute atomic E-state index is 12.5. The van der Waals surface area contributed by atoms with Gasteiger partial charge in [0.25, 0.3) is 0 Å². The Kier molecular flexibility index (Phi) is 4.96. The van der Waals surface area contributed by atoms with Crippen molar-refractivity contribution in [1.82, 2.24) is 19.9 Å². The molecule has 0 bridgehead atoms. The van der Waals surface area contributed by atoms with Crippen molar-refractivity contribution in [3.8, 4) is 0 Å². The number of pyridine rings is 1. The Morgan fingerprint density at radius 1 is 1.29 bits per heavy atom. The molecule has 0 spiro atoms. The lowest BCUT2D eigenvalue weighted by molar-refractivity contribution is 0.406. The first-order valence-corrected chi connectivity index (χ1v) is 9.70. The molecule has 0 radical (unpaired) electrons. The van der Waals surface area contributed by atoms with Crippen molar-refractivity contribution in [3.63, 3.8) is 0 Å². The molecule has 1 aliphatic rings. The molecule has 0 saturated heterocycles. The summed E-state index contributed by atoms with van der Waals surface area (Å²) in [5.74, 6) is 1.65. The van der Waals surface area contributed by atoms with Crippen LogP contribution < -0.4 is 4.72 Å². The van der Waals surface area contributed by atoms with Gasteiger partial charge < -0.3 is 4.42 Å². The minimum atomic E-state index is -3.53. The van der Waals surface area contributed by atoms with Crippen LogP contribution in [0.25, 0.3) is 0 Å². The molecule has 1 saturated carbocycles. The zero-order valence-corrected chi connectivity index (χ0v) is 14.7. The summed E-state index contributed by atoms with van der Waals surface area (Å²) in [6.07, 6.45) is 6.97. The summed E-state index contributed by atoms with van der Waals surface area (Å²) in [7, 11) is -3.53. The number of hydrogen-bond donors (Lipinski definition) is 1. The summed E-state index contributed by atoms with van der Waals surface area (Å²) >= 11 is 0.